The number of methoxy groups -OCH3 is 1. The molecule has 0 aliphatic carbocycles. The van der Waals surface area contributed by atoms with Crippen molar-refractivity contribution in [3.05, 3.63) is 40.9 Å². The molecule has 1 atom stereocenters. The predicted octanol–water partition coefficient (Wildman–Crippen LogP) is 3.67. The molecule has 1 aliphatic rings. The molecule has 0 bridgehead atoms. The van der Waals surface area contributed by atoms with Crippen molar-refractivity contribution in [2.24, 2.45) is 0 Å². The van der Waals surface area contributed by atoms with E-state index in [-0.39, 0.29) is 0 Å². The Hall–Kier alpha value is -1.36. The first kappa shape index (κ1) is 16.5. The van der Waals surface area contributed by atoms with Gasteiger partial charge in [0.2, 0.25) is 0 Å². The SMILES string of the molecule is COc1ccc2ncc(Cl)c(C(O)CC[C]3CCNCC3)c2c1. The lowest BCUT2D eigenvalue weighted by Gasteiger charge is -2.23. The van der Waals surface area contributed by atoms with Crippen LogP contribution in [-0.4, -0.2) is 30.3 Å². The summed E-state index contributed by atoms with van der Waals surface area (Å²) < 4.78 is 5.29. The number of hydrogen-bond acceptors (Lipinski definition) is 4. The molecule has 3 rings (SSSR count). The number of piperidine rings is 1. The maximum atomic E-state index is 10.7. The molecule has 1 saturated heterocycles. The van der Waals surface area contributed by atoms with Gasteiger partial charge >= 0.3 is 0 Å². The lowest BCUT2D eigenvalue weighted by molar-refractivity contribution is 0.166. The van der Waals surface area contributed by atoms with Crippen LogP contribution in [0.1, 0.15) is 37.4 Å². The van der Waals surface area contributed by atoms with E-state index in [2.05, 4.69) is 10.3 Å². The first-order chi connectivity index (χ1) is 11.2. The van der Waals surface area contributed by atoms with Crippen molar-refractivity contribution in [1.82, 2.24) is 10.3 Å². The van der Waals surface area contributed by atoms with Crippen LogP contribution < -0.4 is 10.1 Å². The zero-order valence-electron chi connectivity index (χ0n) is 13.3. The van der Waals surface area contributed by atoms with Gasteiger partial charge in [-0.15, -0.1) is 0 Å². The molecule has 1 unspecified atom stereocenters. The number of halogens is 1. The lowest BCUT2D eigenvalue weighted by atomic mass is 9.90. The second-order valence-corrected chi connectivity index (χ2v) is 6.36. The molecule has 2 aromatic rings. The van der Waals surface area contributed by atoms with E-state index < -0.39 is 6.10 Å². The van der Waals surface area contributed by atoms with Gasteiger partial charge in [0, 0.05) is 17.1 Å². The first-order valence-corrected chi connectivity index (χ1v) is 8.41. The third-order valence-corrected chi connectivity index (χ3v) is 4.78. The molecule has 2 N–H and O–H groups in total. The standard InChI is InChI=1S/C18H22ClN2O2/c1-23-13-3-4-16-14(10-13)18(15(19)11-21-16)17(22)5-2-12-6-8-20-9-7-12/h3-4,10-11,17,20,22H,2,5-9H2,1H3. The summed E-state index contributed by atoms with van der Waals surface area (Å²) in [7, 11) is 1.63. The monoisotopic (exact) mass is 333 g/mol. The van der Waals surface area contributed by atoms with Gasteiger partial charge in [-0.1, -0.05) is 11.6 Å². The summed E-state index contributed by atoms with van der Waals surface area (Å²) in [5.74, 6) is 2.26. The van der Waals surface area contributed by atoms with Gasteiger partial charge in [-0.05, 0) is 62.9 Å². The molecule has 0 spiro atoms. The van der Waals surface area contributed by atoms with E-state index in [0.717, 1.165) is 54.6 Å². The number of nitrogens with zero attached hydrogens (tertiary/aromatic N) is 1. The molecule has 0 amide bonds. The van der Waals surface area contributed by atoms with Crippen molar-refractivity contribution >= 4 is 22.5 Å². The van der Waals surface area contributed by atoms with Gasteiger partial charge in [0.05, 0.1) is 23.8 Å². The number of aliphatic hydroxyl groups excluding tert-OH is 1. The van der Waals surface area contributed by atoms with Gasteiger partial charge in [0.1, 0.15) is 5.75 Å². The Balaban J connectivity index is 1.83. The second-order valence-electron chi connectivity index (χ2n) is 5.96. The molecule has 123 valence electrons. The van der Waals surface area contributed by atoms with Crippen LogP contribution in [0.4, 0.5) is 0 Å². The fraction of sp³-hybridized carbons (Fsp3) is 0.444. The van der Waals surface area contributed by atoms with Crippen LogP contribution in [0.25, 0.3) is 10.9 Å². The van der Waals surface area contributed by atoms with E-state index in [1.165, 1.54) is 5.92 Å². The Morgan fingerprint density at radius 2 is 2.13 bits per heavy atom. The lowest BCUT2D eigenvalue weighted by Crippen LogP contribution is -2.26. The smallest absolute Gasteiger partial charge is 0.119 e. The predicted molar refractivity (Wildman–Crippen MR) is 92.8 cm³/mol. The summed E-state index contributed by atoms with van der Waals surface area (Å²) in [6, 6.07) is 5.65. The highest BCUT2D eigenvalue weighted by atomic mass is 35.5. The number of aliphatic hydroxyl groups is 1. The normalized spacial score (nSPS) is 17.3. The van der Waals surface area contributed by atoms with Gasteiger partial charge in [-0.3, -0.25) is 4.98 Å². The van der Waals surface area contributed by atoms with Crippen LogP contribution in [0.2, 0.25) is 5.02 Å². The summed E-state index contributed by atoms with van der Waals surface area (Å²) in [5.41, 5.74) is 1.57. The van der Waals surface area contributed by atoms with Gasteiger partial charge in [-0.25, -0.2) is 0 Å². The number of hydrogen-bond donors (Lipinski definition) is 2. The molecule has 0 saturated carbocycles. The third kappa shape index (κ3) is 3.77. The molecule has 5 heteroatoms. The first-order valence-electron chi connectivity index (χ1n) is 8.03. The molecule has 1 aliphatic heterocycles. The van der Waals surface area contributed by atoms with Gasteiger partial charge in [0.25, 0.3) is 0 Å². The molecular weight excluding hydrogens is 312 g/mol. The number of fused-ring (bicyclic) bond motifs is 1. The number of ether oxygens (including phenoxy) is 1. The zero-order chi connectivity index (χ0) is 16.2. The van der Waals surface area contributed by atoms with Gasteiger partial charge < -0.3 is 15.2 Å². The van der Waals surface area contributed by atoms with Crippen LogP contribution in [0.15, 0.2) is 24.4 Å². The summed E-state index contributed by atoms with van der Waals surface area (Å²) in [6.45, 7) is 2.09. The topological polar surface area (TPSA) is 54.4 Å². The van der Waals surface area contributed by atoms with Crippen molar-refractivity contribution < 1.29 is 9.84 Å². The average Bonchev–Trinajstić information content (AvgIpc) is 2.60. The minimum Gasteiger partial charge on any atom is -0.497 e. The van der Waals surface area contributed by atoms with E-state index in [4.69, 9.17) is 16.3 Å². The number of nitrogens with one attached hydrogen (secondary N) is 1. The molecule has 1 fully saturated rings. The van der Waals surface area contributed by atoms with E-state index in [1.54, 1.807) is 13.3 Å². The molecule has 2 heterocycles. The maximum absolute atomic E-state index is 10.7. The van der Waals surface area contributed by atoms with Crippen molar-refractivity contribution in [2.45, 2.75) is 31.8 Å². The van der Waals surface area contributed by atoms with E-state index in [9.17, 15) is 5.11 Å². The summed E-state index contributed by atoms with van der Waals surface area (Å²) in [6.07, 6.45) is 4.85. The van der Waals surface area contributed by atoms with Crippen molar-refractivity contribution in [1.29, 1.82) is 0 Å². The average molecular weight is 334 g/mol. The zero-order valence-corrected chi connectivity index (χ0v) is 14.1. The summed E-state index contributed by atoms with van der Waals surface area (Å²) >= 11 is 6.34. The Labute approximate surface area is 141 Å². The van der Waals surface area contributed by atoms with Crippen LogP contribution >= 0.6 is 11.6 Å². The maximum Gasteiger partial charge on any atom is 0.119 e. The number of pyridine rings is 1. The summed E-state index contributed by atoms with van der Waals surface area (Å²) in [5, 5.41) is 15.4. The quantitative estimate of drug-likeness (QED) is 0.876. The number of benzene rings is 1. The van der Waals surface area contributed by atoms with E-state index >= 15 is 0 Å². The van der Waals surface area contributed by atoms with Crippen LogP contribution in [0, 0.1) is 5.92 Å². The summed E-state index contributed by atoms with van der Waals surface area (Å²) in [4.78, 5) is 4.34. The largest absolute Gasteiger partial charge is 0.497 e. The van der Waals surface area contributed by atoms with Crippen LogP contribution in [-0.2, 0) is 0 Å². The van der Waals surface area contributed by atoms with Gasteiger partial charge in [0.15, 0.2) is 0 Å². The van der Waals surface area contributed by atoms with Crippen LogP contribution in [0.5, 0.6) is 5.75 Å². The highest BCUT2D eigenvalue weighted by molar-refractivity contribution is 6.32. The number of rotatable bonds is 5. The van der Waals surface area contributed by atoms with Crippen molar-refractivity contribution in [2.75, 3.05) is 20.2 Å². The molecule has 1 radical (unpaired) electrons. The molecule has 1 aromatic heterocycles. The minimum absolute atomic E-state index is 0.508. The Bertz CT molecular complexity index is 671. The molecule has 1 aromatic carbocycles. The highest BCUT2D eigenvalue weighted by Gasteiger charge is 2.20. The Kier molecular flexibility index (Phi) is 5.36. The Morgan fingerprint density at radius 3 is 2.87 bits per heavy atom. The van der Waals surface area contributed by atoms with Crippen molar-refractivity contribution in [3.8, 4) is 5.75 Å². The molecule has 4 nitrogen and oxygen atoms in total. The number of aromatic nitrogens is 1. The fourth-order valence-corrected chi connectivity index (χ4v) is 3.43. The van der Waals surface area contributed by atoms with E-state index in [1.807, 2.05) is 18.2 Å². The fourth-order valence-electron chi connectivity index (χ4n) is 3.15. The molecule has 23 heavy (non-hydrogen) atoms. The van der Waals surface area contributed by atoms with E-state index in [0.29, 0.717) is 11.4 Å². The Morgan fingerprint density at radius 1 is 1.35 bits per heavy atom. The second kappa shape index (κ2) is 7.47. The minimum atomic E-state index is -0.595. The van der Waals surface area contributed by atoms with Crippen LogP contribution in [0.3, 0.4) is 0 Å². The molecular formula is C18H22ClN2O2. The highest BCUT2D eigenvalue weighted by Crippen LogP contribution is 2.35. The van der Waals surface area contributed by atoms with Gasteiger partial charge in [-0.2, -0.15) is 0 Å². The third-order valence-electron chi connectivity index (χ3n) is 4.48. The van der Waals surface area contributed by atoms with Crippen molar-refractivity contribution in [3.63, 3.8) is 0 Å².